The van der Waals surface area contributed by atoms with Crippen molar-refractivity contribution in [2.24, 2.45) is 7.05 Å². The molecular weight excluding hydrogens is 284 g/mol. The molecule has 1 aromatic carbocycles. The molecule has 6 heteroatoms. The van der Waals surface area contributed by atoms with E-state index in [1.165, 1.54) is 12.1 Å². The molecule has 0 amide bonds. The molecule has 0 unspecified atom stereocenters. The highest BCUT2D eigenvalue weighted by Gasteiger charge is 2.20. The van der Waals surface area contributed by atoms with Crippen molar-refractivity contribution in [3.8, 4) is 0 Å². The number of hydrogen-bond acceptors (Lipinski definition) is 2. The monoisotopic (exact) mass is 297 g/mol. The average molecular weight is 298 g/mol. The van der Waals surface area contributed by atoms with Crippen LogP contribution < -0.4 is 0 Å². The summed E-state index contributed by atoms with van der Waals surface area (Å²) in [5.41, 5.74) is 2.67. The average Bonchev–Trinajstić information content (AvgIpc) is 2.70. The lowest BCUT2D eigenvalue weighted by molar-refractivity contribution is 0.244. The standard InChI is InChI=1S/C14H14ClF2N3/c1-19-6-11(14(15)18-19)8-20-3-2-9-4-12(16)13(17)5-10(9)7-20/h4-6H,2-3,7-8H2,1H3. The van der Waals surface area contributed by atoms with E-state index in [0.29, 0.717) is 24.7 Å². The number of benzene rings is 1. The van der Waals surface area contributed by atoms with E-state index in [0.717, 1.165) is 23.2 Å². The fraction of sp³-hybridized carbons (Fsp3) is 0.357. The van der Waals surface area contributed by atoms with E-state index < -0.39 is 11.6 Å². The number of hydrogen-bond donors (Lipinski definition) is 0. The number of rotatable bonds is 2. The Balaban J connectivity index is 1.78. The Kier molecular flexibility index (Phi) is 3.48. The van der Waals surface area contributed by atoms with Gasteiger partial charge in [-0.2, -0.15) is 5.10 Å². The van der Waals surface area contributed by atoms with Crippen molar-refractivity contribution in [1.29, 1.82) is 0 Å². The fourth-order valence-electron chi connectivity index (χ4n) is 2.60. The van der Waals surface area contributed by atoms with Crippen LogP contribution in [0.25, 0.3) is 0 Å². The molecular formula is C14H14ClF2N3. The summed E-state index contributed by atoms with van der Waals surface area (Å²) in [4.78, 5) is 2.16. The summed E-state index contributed by atoms with van der Waals surface area (Å²) in [6.07, 6.45) is 2.59. The predicted octanol–water partition coefficient (Wildman–Crippen LogP) is 2.91. The zero-order chi connectivity index (χ0) is 14.3. The van der Waals surface area contributed by atoms with E-state index in [-0.39, 0.29) is 0 Å². The third kappa shape index (κ3) is 2.55. The minimum atomic E-state index is -0.787. The number of fused-ring (bicyclic) bond motifs is 1. The first kappa shape index (κ1) is 13.5. The van der Waals surface area contributed by atoms with Gasteiger partial charge >= 0.3 is 0 Å². The third-order valence-electron chi connectivity index (χ3n) is 3.58. The summed E-state index contributed by atoms with van der Waals surface area (Å²) in [5.74, 6) is -1.56. The lowest BCUT2D eigenvalue weighted by Gasteiger charge is -2.28. The number of halogens is 3. The highest BCUT2D eigenvalue weighted by Crippen LogP contribution is 2.24. The second-order valence-corrected chi connectivity index (χ2v) is 5.47. The summed E-state index contributed by atoms with van der Waals surface area (Å²) < 4.78 is 28.2. The molecule has 0 spiro atoms. The smallest absolute Gasteiger partial charge is 0.159 e. The predicted molar refractivity (Wildman–Crippen MR) is 72.4 cm³/mol. The first-order chi connectivity index (χ1) is 9.52. The zero-order valence-electron chi connectivity index (χ0n) is 11.0. The largest absolute Gasteiger partial charge is 0.294 e. The molecule has 0 N–H and O–H groups in total. The van der Waals surface area contributed by atoms with Gasteiger partial charge in [0.1, 0.15) is 0 Å². The van der Waals surface area contributed by atoms with E-state index >= 15 is 0 Å². The second kappa shape index (κ2) is 5.14. The first-order valence-electron chi connectivity index (χ1n) is 6.40. The Morgan fingerprint density at radius 2 is 1.95 bits per heavy atom. The quantitative estimate of drug-likeness (QED) is 0.850. The first-order valence-corrected chi connectivity index (χ1v) is 6.78. The molecule has 3 rings (SSSR count). The maximum absolute atomic E-state index is 13.3. The van der Waals surface area contributed by atoms with E-state index in [1.807, 2.05) is 13.2 Å². The molecule has 106 valence electrons. The summed E-state index contributed by atoms with van der Waals surface area (Å²) >= 11 is 6.04. The Morgan fingerprint density at radius 3 is 2.60 bits per heavy atom. The van der Waals surface area contributed by atoms with Gasteiger partial charge in [-0.3, -0.25) is 9.58 Å². The van der Waals surface area contributed by atoms with Crippen LogP contribution in [0.15, 0.2) is 18.3 Å². The Labute approximate surface area is 120 Å². The number of nitrogens with zero attached hydrogens (tertiary/aromatic N) is 3. The van der Waals surface area contributed by atoms with Crippen molar-refractivity contribution >= 4 is 11.6 Å². The molecule has 1 aliphatic heterocycles. The van der Waals surface area contributed by atoms with Gasteiger partial charge in [0.05, 0.1) is 0 Å². The number of aryl methyl sites for hydroxylation is 1. The lowest BCUT2D eigenvalue weighted by Crippen LogP contribution is -2.30. The molecule has 0 radical (unpaired) electrons. The van der Waals surface area contributed by atoms with Crippen LogP contribution in [0.5, 0.6) is 0 Å². The van der Waals surface area contributed by atoms with E-state index in [4.69, 9.17) is 11.6 Å². The summed E-state index contributed by atoms with van der Waals surface area (Å²) in [6, 6.07) is 2.60. The lowest BCUT2D eigenvalue weighted by atomic mass is 9.99. The summed E-state index contributed by atoms with van der Waals surface area (Å²) in [6.45, 7) is 2.05. The minimum absolute atomic E-state index is 0.489. The topological polar surface area (TPSA) is 21.1 Å². The highest BCUT2D eigenvalue weighted by atomic mass is 35.5. The maximum atomic E-state index is 13.3. The van der Waals surface area contributed by atoms with Gasteiger partial charge in [-0.25, -0.2) is 8.78 Å². The molecule has 0 aliphatic carbocycles. The molecule has 1 aliphatic rings. The van der Waals surface area contributed by atoms with Crippen molar-refractivity contribution in [1.82, 2.24) is 14.7 Å². The fourth-order valence-corrected chi connectivity index (χ4v) is 2.83. The van der Waals surface area contributed by atoms with Gasteiger partial charge < -0.3 is 0 Å². The minimum Gasteiger partial charge on any atom is -0.294 e. The second-order valence-electron chi connectivity index (χ2n) is 5.11. The Hall–Kier alpha value is -1.46. The summed E-state index contributed by atoms with van der Waals surface area (Å²) in [7, 11) is 1.82. The van der Waals surface area contributed by atoms with E-state index in [9.17, 15) is 8.78 Å². The van der Waals surface area contributed by atoms with Gasteiger partial charge in [0.25, 0.3) is 0 Å². The molecule has 3 nitrogen and oxygen atoms in total. The van der Waals surface area contributed by atoms with E-state index in [2.05, 4.69) is 10.00 Å². The zero-order valence-corrected chi connectivity index (χ0v) is 11.8. The molecule has 1 aromatic heterocycles. The van der Waals surface area contributed by atoms with Gasteiger partial charge in [-0.1, -0.05) is 11.6 Å². The van der Waals surface area contributed by atoms with Crippen LogP contribution in [0, 0.1) is 11.6 Å². The molecule has 2 aromatic rings. The van der Waals surface area contributed by atoms with E-state index in [1.54, 1.807) is 4.68 Å². The molecule has 0 fully saturated rings. The van der Waals surface area contributed by atoms with Gasteiger partial charge in [0, 0.05) is 38.4 Å². The normalized spacial score (nSPS) is 15.4. The van der Waals surface area contributed by atoms with Gasteiger partial charge in [0.15, 0.2) is 16.8 Å². The van der Waals surface area contributed by atoms with Crippen molar-refractivity contribution in [2.45, 2.75) is 19.5 Å². The van der Waals surface area contributed by atoms with Crippen LogP contribution in [0.1, 0.15) is 16.7 Å². The molecule has 2 heterocycles. The van der Waals surface area contributed by atoms with Crippen molar-refractivity contribution in [3.05, 3.63) is 51.8 Å². The SMILES string of the molecule is Cn1cc(CN2CCc3cc(F)c(F)cc3C2)c(Cl)n1. The van der Waals surface area contributed by atoms with Crippen LogP contribution in [0.4, 0.5) is 8.78 Å². The van der Waals surface area contributed by atoms with Gasteiger partial charge in [-0.05, 0) is 29.7 Å². The van der Waals surface area contributed by atoms with Crippen LogP contribution in [0.2, 0.25) is 5.15 Å². The van der Waals surface area contributed by atoms with Crippen LogP contribution in [0.3, 0.4) is 0 Å². The Morgan fingerprint density at radius 1 is 1.25 bits per heavy atom. The van der Waals surface area contributed by atoms with Gasteiger partial charge in [-0.15, -0.1) is 0 Å². The van der Waals surface area contributed by atoms with Crippen molar-refractivity contribution in [2.75, 3.05) is 6.54 Å². The highest BCUT2D eigenvalue weighted by molar-refractivity contribution is 6.30. The van der Waals surface area contributed by atoms with Gasteiger partial charge in [0.2, 0.25) is 0 Å². The molecule has 0 saturated heterocycles. The third-order valence-corrected chi connectivity index (χ3v) is 3.90. The van der Waals surface area contributed by atoms with Crippen molar-refractivity contribution < 1.29 is 8.78 Å². The van der Waals surface area contributed by atoms with Crippen LogP contribution in [-0.4, -0.2) is 21.2 Å². The maximum Gasteiger partial charge on any atom is 0.159 e. The molecule has 0 bridgehead atoms. The summed E-state index contributed by atoms with van der Waals surface area (Å²) in [5, 5.41) is 4.58. The van der Waals surface area contributed by atoms with Crippen molar-refractivity contribution in [3.63, 3.8) is 0 Å². The Bertz CT molecular complexity index is 654. The molecule has 0 atom stereocenters. The number of aromatic nitrogens is 2. The van der Waals surface area contributed by atoms with Crippen LogP contribution in [-0.2, 0) is 26.6 Å². The molecule has 20 heavy (non-hydrogen) atoms. The van der Waals surface area contributed by atoms with Crippen LogP contribution >= 0.6 is 11.6 Å². The molecule has 0 saturated carbocycles.